The molecule has 23 heavy (non-hydrogen) atoms. The van der Waals surface area contributed by atoms with Gasteiger partial charge in [-0.1, -0.05) is 6.92 Å². The molecule has 0 unspecified atom stereocenters. The van der Waals surface area contributed by atoms with Gasteiger partial charge >= 0.3 is 15.6 Å². The molecule has 0 bridgehead atoms. The molecule has 0 aliphatic heterocycles. The number of aryl methyl sites for hydroxylation is 3. The van der Waals surface area contributed by atoms with Crippen molar-refractivity contribution in [2.75, 3.05) is 0 Å². The molecule has 0 fully saturated rings. The van der Waals surface area contributed by atoms with Crippen LogP contribution < -0.4 is 9.74 Å². The van der Waals surface area contributed by atoms with Crippen molar-refractivity contribution in [1.82, 2.24) is 4.57 Å². The second-order valence-electron chi connectivity index (χ2n) is 5.06. The Labute approximate surface area is 130 Å². The van der Waals surface area contributed by atoms with Crippen LogP contribution in [0.25, 0.3) is 10.9 Å². The first-order chi connectivity index (χ1) is 10.5. The maximum Gasteiger partial charge on any atom is 0.534 e. The van der Waals surface area contributed by atoms with Crippen LogP contribution in [-0.2, 0) is 23.6 Å². The molecule has 5 nitrogen and oxygen atoms in total. The van der Waals surface area contributed by atoms with Crippen molar-refractivity contribution >= 4 is 21.0 Å². The number of aromatic nitrogens is 1. The van der Waals surface area contributed by atoms with Crippen molar-refractivity contribution in [2.45, 2.75) is 25.8 Å². The summed E-state index contributed by atoms with van der Waals surface area (Å²) in [6, 6.07) is 4.16. The van der Waals surface area contributed by atoms with Gasteiger partial charge in [-0.3, -0.25) is 4.79 Å². The number of rotatable bonds is 3. The van der Waals surface area contributed by atoms with Gasteiger partial charge < -0.3 is 8.75 Å². The van der Waals surface area contributed by atoms with Gasteiger partial charge in [0.05, 0.1) is 5.52 Å². The van der Waals surface area contributed by atoms with Gasteiger partial charge in [0.15, 0.2) is 5.75 Å². The van der Waals surface area contributed by atoms with Crippen LogP contribution >= 0.6 is 0 Å². The fourth-order valence-corrected chi connectivity index (χ4v) is 2.65. The largest absolute Gasteiger partial charge is 0.534 e. The zero-order chi connectivity index (χ0) is 17.6. The molecule has 0 aliphatic carbocycles. The van der Waals surface area contributed by atoms with Crippen molar-refractivity contribution in [3.63, 3.8) is 0 Å². The maximum atomic E-state index is 12.6. The minimum atomic E-state index is -5.79. The van der Waals surface area contributed by atoms with Crippen LogP contribution in [0.4, 0.5) is 13.2 Å². The van der Waals surface area contributed by atoms with Gasteiger partial charge in [-0.05, 0) is 37.1 Å². The van der Waals surface area contributed by atoms with E-state index in [-0.39, 0.29) is 16.5 Å². The third-order valence-electron chi connectivity index (χ3n) is 3.44. The number of fused-ring (bicyclic) bond motifs is 1. The van der Waals surface area contributed by atoms with E-state index in [9.17, 15) is 26.4 Å². The van der Waals surface area contributed by atoms with E-state index in [1.807, 2.05) is 0 Å². The SMILES string of the molecule is CCc1cc(OS(=O)(=O)C(F)(F)F)c2cc(C)c(=O)n(C)c2c1. The first kappa shape index (κ1) is 17.3. The highest BCUT2D eigenvalue weighted by atomic mass is 32.2. The normalized spacial score (nSPS) is 12.6. The molecule has 2 aromatic rings. The summed E-state index contributed by atoms with van der Waals surface area (Å²) in [5.74, 6) is -0.449. The van der Waals surface area contributed by atoms with Gasteiger partial charge in [-0.15, -0.1) is 0 Å². The molecule has 1 aromatic carbocycles. The zero-order valence-corrected chi connectivity index (χ0v) is 13.4. The fourth-order valence-electron chi connectivity index (χ4n) is 2.18. The number of nitrogens with zero attached hydrogens (tertiary/aromatic N) is 1. The van der Waals surface area contributed by atoms with Crippen molar-refractivity contribution in [2.24, 2.45) is 7.05 Å². The van der Waals surface area contributed by atoms with Gasteiger partial charge in [-0.25, -0.2) is 0 Å². The highest BCUT2D eigenvalue weighted by Gasteiger charge is 2.48. The maximum absolute atomic E-state index is 12.6. The average molecular weight is 349 g/mol. The molecule has 0 radical (unpaired) electrons. The highest BCUT2D eigenvalue weighted by Crippen LogP contribution is 2.33. The van der Waals surface area contributed by atoms with E-state index in [0.29, 0.717) is 17.5 Å². The summed E-state index contributed by atoms with van der Waals surface area (Å²) in [5, 5.41) is 0.120. The molecule has 0 saturated heterocycles. The predicted molar refractivity (Wildman–Crippen MR) is 78.9 cm³/mol. The molecule has 0 N–H and O–H groups in total. The van der Waals surface area contributed by atoms with Crippen LogP contribution in [0.1, 0.15) is 18.1 Å². The second-order valence-corrected chi connectivity index (χ2v) is 6.59. The van der Waals surface area contributed by atoms with Gasteiger partial charge in [0.2, 0.25) is 0 Å². The molecule has 0 atom stereocenters. The summed E-state index contributed by atoms with van der Waals surface area (Å²) in [6.45, 7) is 3.23. The Morgan fingerprint density at radius 3 is 2.35 bits per heavy atom. The molecule has 126 valence electrons. The van der Waals surface area contributed by atoms with Crippen LogP contribution in [0, 0.1) is 6.92 Å². The Balaban J connectivity index is 2.80. The number of hydrogen-bond donors (Lipinski definition) is 0. The number of hydrogen-bond acceptors (Lipinski definition) is 4. The lowest BCUT2D eigenvalue weighted by atomic mass is 10.1. The van der Waals surface area contributed by atoms with Crippen LogP contribution in [0.15, 0.2) is 23.0 Å². The topological polar surface area (TPSA) is 65.4 Å². The summed E-state index contributed by atoms with van der Waals surface area (Å²) >= 11 is 0. The first-order valence-electron chi connectivity index (χ1n) is 6.62. The van der Waals surface area contributed by atoms with E-state index < -0.39 is 21.4 Å². The Hall–Kier alpha value is -2.03. The van der Waals surface area contributed by atoms with Gasteiger partial charge in [-0.2, -0.15) is 21.6 Å². The van der Waals surface area contributed by atoms with Crippen LogP contribution in [0.3, 0.4) is 0 Å². The Morgan fingerprint density at radius 1 is 1.22 bits per heavy atom. The smallest absolute Gasteiger partial charge is 0.375 e. The monoisotopic (exact) mass is 349 g/mol. The third-order valence-corrected chi connectivity index (χ3v) is 4.40. The summed E-state index contributed by atoms with van der Waals surface area (Å²) in [6.07, 6.45) is 0.431. The van der Waals surface area contributed by atoms with E-state index in [1.165, 1.54) is 30.7 Å². The molecule has 1 aromatic heterocycles. The lowest BCUT2D eigenvalue weighted by molar-refractivity contribution is -0.0499. The van der Waals surface area contributed by atoms with Crippen molar-refractivity contribution < 1.29 is 25.8 Å². The average Bonchev–Trinajstić information content (AvgIpc) is 2.44. The van der Waals surface area contributed by atoms with Crippen molar-refractivity contribution in [3.05, 3.63) is 39.7 Å². The summed E-state index contributed by atoms with van der Waals surface area (Å²) in [4.78, 5) is 12.0. The quantitative estimate of drug-likeness (QED) is 0.631. The number of benzene rings is 1. The minimum Gasteiger partial charge on any atom is -0.375 e. The van der Waals surface area contributed by atoms with E-state index in [0.717, 1.165) is 0 Å². The van der Waals surface area contributed by atoms with Gasteiger partial charge in [0.1, 0.15) is 0 Å². The fraction of sp³-hybridized carbons (Fsp3) is 0.357. The Morgan fingerprint density at radius 2 is 1.83 bits per heavy atom. The Kier molecular flexibility index (Phi) is 4.18. The second kappa shape index (κ2) is 5.55. The summed E-state index contributed by atoms with van der Waals surface area (Å²) < 4.78 is 65.8. The van der Waals surface area contributed by atoms with Crippen LogP contribution in [0.5, 0.6) is 5.75 Å². The molecular formula is C14H14F3NO4S. The standard InChI is InChI=1S/C14H14F3NO4S/c1-4-9-6-11-10(5-8(2)13(19)18(11)3)12(7-9)22-23(20,21)14(15,16)17/h5-7H,4H2,1-3H3. The highest BCUT2D eigenvalue weighted by molar-refractivity contribution is 7.88. The Bertz CT molecular complexity index is 930. The van der Waals surface area contributed by atoms with E-state index in [4.69, 9.17) is 0 Å². The molecule has 0 spiro atoms. The molecule has 1 heterocycles. The molecule has 0 aliphatic rings. The predicted octanol–water partition coefficient (Wildman–Crippen LogP) is 2.64. The van der Waals surface area contributed by atoms with Crippen LogP contribution in [0.2, 0.25) is 0 Å². The number of alkyl halides is 3. The van der Waals surface area contributed by atoms with Crippen molar-refractivity contribution in [3.8, 4) is 5.75 Å². The van der Waals surface area contributed by atoms with Crippen LogP contribution in [-0.4, -0.2) is 18.5 Å². The number of pyridine rings is 1. The third kappa shape index (κ3) is 3.05. The minimum absolute atomic E-state index is 0.120. The summed E-state index contributed by atoms with van der Waals surface area (Å²) in [5.41, 5.74) is -4.75. The molecule has 9 heteroatoms. The summed E-state index contributed by atoms with van der Waals surface area (Å²) in [7, 11) is -4.33. The molecule has 0 amide bonds. The number of halogens is 3. The van der Waals surface area contributed by atoms with E-state index >= 15 is 0 Å². The lowest BCUT2D eigenvalue weighted by Gasteiger charge is -2.15. The van der Waals surface area contributed by atoms with Gasteiger partial charge in [0.25, 0.3) is 5.56 Å². The lowest BCUT2D eigenvalue weighted by Crippen LogP contribution is -2.28. The van der Waals surface area contributed by atoms with Gasteiger partial charge in [0, 0.05) is 18.0 Å². The van der Waals surface area contributed by atoms with Crippen molar-refractivity contribution in [1.29, 1.82) is 0 Å². The molecule has 0 saturated carbocycles. The zero-order valence-electron chi connectivity index (χ0n) is 12.6. The first-order valence-corrected chi connectivity index (χ1v) is 8.02. The van der Waals surface area contributed by atoms with E-state index in [2.05, 4.69) is 4.18 Å². The van der Waals surface area contributed by atoms with E-state index in [1.54, 1.807) is 13.0 Å². The molecule has 2 rings (SSSR count). The molecular weight excluding hydrogens is 335 g/mol.